The lowest BCUT2D eigenvalue weighted by atomic mass is 9.92. The zero-order valence-electron chi connectivity index (χ0n) is 13.3. The molecule has 1 saturated heterocycles. The number of hydrogen-bond acceptors (Lipinski definition) is 6. The predicted molar refractivity (Wildman–Crippen MR) is 84.6 cm³/mol. The minimum atomic E-state index is -0.108. The minimum absolute atomic E-state index is 0.0687. The summed E-state index contributed by atoms with van der Waals surface area (Å²) in [7, 11) is 1.96. The number of carbonyl (C=O) groups is 1. The van der Waals surface area contributed by atoms with Crippen LogP contribution in [0, 0.1) is 17.2 Å². The SMILES string of the molecule is CC1CCN(C(=O)CC#N)CC1N(C)c1ncnc2ccoc12. The maximum atomic E-state index is 12.0. The molecular formula is C16H19N5O2. The van der Waals surface area contributed by atoms with E-state index in [1.807, 2.05) is 13.1 Å². The third-order valence-corrected chi connectivity index (χ3v) is 4.56. The van der Waals surface area contributed by atoms with Crippen LogP contribution in [0.15, 0.2) is 23.1 Å². The molecule has 1 aliphatic heterocycles. The first kappa shape index (κ1) is 15.3. The zero-order valence-corrected chi connectivity index (χ0v) is 13.3. The number of likely N-dealkylation sites (N-methyl/N-ethyl adjacent to an activating group) is 1. The first-order chi connectivity index (χ1) is 11.1. The summed E-state index contributed by atoms with van der Waals surface area (Å²) in [5.74, 6) is 1.03. The van der Waals surface area contributed by atoms with E-state index in [0.717, 1.165) is 17.8 Å². The summed E-state index contributed by atoms with van der Waals surface area (Å²) >= 11 is 0. The van der Waals surface area contributed by atoms with Crippen molar-refractivity contribution >= 4 is 22.8 Å². The molecule has 3 rings (SSSR count). The normalized spacial score (nSPS) is 21.2. The van der Waals surface area contributed by atoms with Crippen LogP contribution < -0.4 is 4.90 Å². The van der Waals surface area contributed by atoms with Crippen LogP contribution >= 0.6 is 0 Å². The molecule has 0 aliphatic carbocycles. The van der Waals surface area contributed by atoms with Gasteiger partial charge in [0, 0.05) is 26.2 Å². The molecular weight excluding hydrogens is 294 g/mol. The van der Waals surface area contributed by atoms with Gasteiger partial charge >= 0.3 is 0 Å². The number of furan rings is 1. The second kappa shape index (κ2) is 6.24. The number of likely N-dealkylation sites (tertiary alicyclic amines) is 1. The largest absolute Gasteiger partial charge is 0.459 e. The number of nitrogens with zero attached hydrogens (tertiary/aromatic N) is 5. The molecule has 2 unspecified atom stereocenters. The van der Waals surface area contributed by atoms with Crippen molar-refractivity contribution in [1.29, 1.82) is 5.26 Å². The van der Waals surface area contributed by atoms with Gasteiger partial charge in [-0.3, -0.25) is 4.79 Å². The molecule has 1 aliphatic rings. The lowest BCUT2D eigenvalue weighted by molar-refractivity contribution is -0.131. The topological polar surface area (TPSA) is 86.3 Å². The van der Waals surface area contributed by atoms with Crippen LogP contribution in [0.1, 0.15) is 19.8 Å². The lowest BCUT2D eigenvalue weighted by Gasteiger charge is -2.41. The average Bonchev–Trinajstić information content (AvgIpc) is 3.03. The molecule has 2 atom stereocenters. The summed E-state index contributed by atoms with van der Waals surface area (Å²) in [6, 6.07) is 3.86. The van der Waals surface area contributed by atoms with E-state index in [4.69, 9.17) is 9.68 Å². The molecule has 7 heteroatoms. The number of hydrogen-bond donors (Lipinski definition) is 0. The highest BCUT2D eigenvalue weighted by Crippen LogP contribution is 2.29. The van der Waals surface area contributed by atoms with Crippen LogP contribution in [-0.4, -0.2) is 47.0 Å². The monoisotopic (exact) mass is 313 g/mol. The van der Waals surface area contributed by atoms with Crippen molar-refractivity contribution in [1.82, 2.24) is 14.9 Å². The molecule has 0 bridgehead atoms. The van der Waals surface area contributed by atoms with Crippen LogP contribution in [0.4, 0.5) is 5.82 Å². The Labute approximate surface area is 134 Å². The fraction of sp³-hybridized carbons (Fsp3) is 0.500. The van der Waals surface area contributed by atoms with Gasteiger partial charge in [0.25, 0.3) is 0 Å². The molecule has 0 aromatic carbocycles. The number of rotatable bonds is 3. The predicted octanol–water partition coefficient (Wildman–Crippen LogP) is 1.81. The summed E-state index contributed by atoms with van der Waals surface area (Å²) < 4.78 is 5.52. The van der Waals surface area contributed by atoms with Gasteiger partial charge < -0.3 is 14.2 Å². The Kier molecular flexibility index (Phi) is 4.15. The van der Waals surface area contributed by atoms with Gasteiger partial charge in [-0.25, -0.2) is 9.97 Å². The van der Waals surface area contributed by atoms with E-state index in [1.165, 1.54) is 6.33 Å². The second-order valence-electron chi connectivity index (χ2n) is 5.95. The number of amides is 1. The molecule has 7 nitrogen and oxygen atoms in total. The Morgan fingerprint density at radius 1 is 1.57 bits per heavy atom. The third-order valence-electron chi connectivity index (χ3n) is 4.56. The molecule has 2 aromatic rings. The van der Waals surface area contributed by atoms with Crippen molar-refractivity contribution in [3.05, 3.63) is 18.7 Å². The molecule has 2 aromatic heterocycles. The Morgan fingerprint density at radius 3 is 3.17 bits per heavy atom. The number of piperidine rings is 1. The number of carbonyl (C=O) groups excluding carboxylic acids is 1. The molecule has 0 radical (unpaired) electrons. The van der Waals surface area contributed by atoms with E-state index in [-0.39, 0.29) is 18.4 Å². The highest BCUT2D eigenvalue weighted by Gasteiger charge is 2.32. The Balaban J connectivity index is 1.85. The van der Waals surface area contributed by atoms with Crippen LogP contribution in [0.3, 0.4) is 0 Å². The fourth-order valence-corrected chi connectivity index (χ4v) is 3.14. The number of nitriles is 1. The quantitative estimate of drug-likeness (QED) is 0.859. The van der Waals surface area contributed by atoms with Crippen molar-refractivity contribution in [2.24, 2.45) is 5.92 Å². The maximum Gasteiger partial charge on any atom is 0.236 e. The maximum absolute atomic E-state index is 12.0. The molecule has 0 N–H and O–H groups in total. The lowest BCUT2D eigenvalue weighted by Crippen LogP contribution is -2.52. The molecule has 1 fully saturated rings. The molecule has 0 saturated carbocycles. The molecule has 120 valence electrons. The van der Waals surface area contributed by atoms with Crippen LogP contribution in [-0.2, 0) is 4.79 Å². The van der Waals surface area contributed by atoms with E-state index >= 15 is 0 Å². The summed E-state index contributed by atoms with van der Waals surface area (Å²) in [5, 5.41) is 8.73. The van der Waals surface area contributed by atoms with E-state index in [9.17, 15) is 4.79 Å². The summed E-state index contributed by atoms with van der Waals surface area (Å²) in [4.78, 5) is 24.4. The Morgan fingerprint density at radius 2 is 2.39 bits per heavy atom. The van der Waals surface area contributed by atoms with Gasteiger partial charge in [0.2, 0.25) is 5.91 Å². The van der Waals surface area contributed by atoms with Gasteiger partial charge in [0.15, 0.2) is 11.4 Å². The fourth-order valence-electron chi connectivity index (χ4n) is 3.14. The number of aromatic nitrogens is 2. The van der Waals surface area contributed by atoms with Crippen LogP contribution in [0.2, 0.25) is 0 Å². The van der Waals surface area contributed by atoms with Gasteiger partial charge in [-0.05, 0) is 12.3 Å². The molecule has 23 heavy (non-hydrogen) atoms. The van der Waals surface area contributed by atoms with Gasteiger partial charge in [0.1, 0.15) is 18.3 Å². The average molecular weight is 313 g/mol. The summed E-state index contributed by atoms with van der Waals surface area (Å²) in [5.41, 5.74) is 1.42. The van der Waals surface area contributed by atoms with E-state index in [0.29, 0.717) is 24.6 Å². The Bertz CT molecular complexity index is 750. The number of anilines is 1. The van der Waals surface area contributed by atoms with E-state index in [2.05, 4.69) is 21.8 Å². The highest BCUT2D eigenvalue weighted by atomic mass is 16.3. The summed E-state index contributed by atoms with van der Waals surface area (Å²) in [6.07, 6.45) is 3.96. The van der Waals surface area contributed by atoms with Crippen LogP contribution in [0.5, 0.6) is 0 Å². The van der Waals surface area contributed by atoms with Crippen molar-refractivity contribution in [2.45, 2.75) is 25.8 Å². The van der Waals surface area contributed by atoms with Crippen molar-refractivity contribution in [3.63, 3.8) is 0 Å². The zero-order chi connectivity index (χ0) is 16.4. The first-order valence-electron chi connectivity index (χ1n) is 7.67. The first-order valence-corrected chi connectivity index (χ1v) is 7.67. The van der Waals surface area contributed by atoms with Gasteiger partial charge in [-0.15, -0.1) is 0 Å². The van der Waals surface area contributed by atoms with Crippen molar-refractivity contribution < 1.29 is 9.21 Å². The van der Waals surface area contributed by atoms with Gasteiger partial charge in [-0.1, -0.05) is 6.92 Å². The molecule has 1 amide bonds. The molecule has 0 spiro atoms. The summed E-state index contributed by atoms with van der Waals surface area (Å²) in [6.45, 7) is 3.46. The number of fused-ring (bicyclic) bond motifs is 1. The van der Waals surface area contributed by atoms with E-state index in [1.54, 1.807) is 17.2 Å². The second-order valence-corrected chi connectivity index (χ2v) is 5.95. The van der Waals surface area contributed by atoms with Crippen LogP contribution in [0.25, 0.3) is 11.1 Å². The van der Waals surface area contributed by atoms with Gasteiger partial charge in [0.05, 0.1) is 18.4 Å². The smallest absolute Gasteiger partial charge is 0.236 e. The molecule has 3 heterocycles. The minimum Gasteiger partial charge on any atom is -0.459 e. The van der Waals surface area contributed by atoms with E-state index < -0.39 is 0 Å². The van der Waals surface area contributed by atoms with Gasteiger partial charge in [-0.2, -0.15) is 5.26 Å². The third kappa shape index (κ3) is 2.84. The van der Waals surface area contributed by atoms with Crippen molar-refractivity contribution in [3.8, 4) is 6.07 Å². The van der Waals surface area contributed by atoms with Crippen molar-refractivity contribution in [2.75, 3.05) is 25.0 Å². The Hall–Kier alpha value is -2.62. The highest BCUT2D eigenvalue weighted by molar-refractivity contribution is 5.83. The standard InChI is InChI=1S/C16H19N5O2/c1-11-4-7-21(14(22)3-6-17)9-13(11)20(2)16-15-12(5-8-23-15)18-10-19-16/h5,8,10-11,13H,3-4,7,9H2,1-2H3.